The van der Waals surface area contributed by atoms with E-state index in [1.165, 1.54) is 24.8 Å². The van der Waals surface area contributed by atoms with Crippen LogP contribution in [0.25, 0.3) is 0 Å². The van der Waals surface area contributed by atoms with Crippen LogP contribution < -0.4 is 15.0 Å². The third kappa shape index (κ3) is 1.92. The zero-order chi connectivity index (χ0) is 12.5. The van der Waals surface area contributed by atoms with Crippen LogP contribution in [-0.4, -0.2) is 36.7 Å². The first kappa shape index (κ1) is 11.7. The van der Waals surface area contributed by atoms with Crippen molar-refractivity contribution in [2.45, 2.75) is 38.3 Å². The molecule has 0 unspecified atom stereocenters. The maximum atomic E-state index is 5.23. The quantitative estimate of drug-likeness (QED) is 0.868. The summed E-state index contributed by atoms with van der Waals surface area (Å²) in [6.45, 7) is 1.85. The van der Waals surface area contributed by atoms with Crippen molar-refractivity contribution in [2.24, 2.45) is 0 Å². The number of rotatable bonds is 3. The number of hydrogen-bond acceptors (Lipinski definition) is 5. The van der Waals surface area contributed by atoms with Crippen LogP contribution in [0, 0.1) is 0 Å². The lowest BCUT2D eigenvalue weighted by Gasteiger charge is -2.37. The van der Waals surface area contributed by atoms with E-state index in [2.05, 4.69) is 27.2 Å². The van der Waals surface area contributed by atoms with Crippen molar-refractivity contribution < 1.29 is 4.74 Å². The Hall–Kier alpha value is -1.36. The molecule has 1 aromatic rings. The fourth-order valence-corrected chi connectivity index (χ4v) is 2.63. The number of methoxy groups -OCH3 is 1. The second-order valence-electron chi connectivity index (χ2n) is 5.08. The molecule has 0 spiro atoms. The summed E-state index contributed by atoms with van der Waals surface area (Å²) in [4.78, 5) is 11.3. The molecule has 2 heterocycles. The molecule has 1 aliphatic heterocycles. The normalized spacial score (nSPS) is 19.0. The first-order chi connectivity index (χ1) is 8.79. The van der Waals surface area contributed by atoms with E-state index >= 15 is 0 Å². The third-order valence-electron chi connectivity index (χ3n) is 4.03. The Labute approximate surface area is 108 Å². The van der Waals surface area contributed by atoms with Crippen molar-refractivity contribution >= 4 is 5.82 Å². The summed E-state index contributed by atoms with van der Waals surface area (Å²) in [5.41, 5.74) is 2.39. The van der Waals surface area contributed by atoms with Gasteiger partial charge in [0.15, 0.2) is 0 Å². The smallest absolute Gasteiger partial charge is 0.318 e. The molecule has 0 aromatic carbocycles. The number of nitrogens with zero attached hydrogens (tertiary/aromatic N) is 3. The van der Waals surface area contributed by atoms with Gasteiger partial charge in [-0.3, -0.25) is 0 Å². The van der Waals surface area contributed by atoms with Crippen LogP contribution in [0.4, 0.5) is 5.82 Å². The molecular formula is C13H20N4O. The van der Waals surface area contributed by atoms with Crippen LogP contribution in [-0.2, 0) is 13.0 Å². The molecule has 0 bridgehead atoms. The van der Waals surface area contributed by atoms with E-state index in [0.717, 1.165) is 31.0 Å². The molecule has 5 heteroatoms. The summed E-state index contributed by atoms with van der Waals surface area (Å²) in [7, 11) is 3.77. The van der Waals surface area contributed by atoms with Crippen LogP contribution in [0.1, 0.15) is 30.5 Å². The number of anilines is 1. The van der Waals surface area contributed by atoms with Gasteiger partial charge < -0.3 is 15.0 Å². The van der Waals surface area contributed by atoms with Crippen LogP contribution in [0.3, 0.4) is 0 Å². The van der Waals surface area contributed by atoms with Crippen LogP contribution in [0.15, 0.2) is 0 Å². The van der Waals surface area contributed by atoms with Crippen molar-refractivity contribution in [1.82, 2.24) is 15.3 Å². The predicted molar refractivity (Wildman–Crippen MR) is 70.0 cm³/mol. The maximum absolute atomic E-state index is 5.23. The van der Waals surface area contributed by atoms with Gasteiger partial charge in [-0.05, 0) is 19.3 Å². The molecule has 0 atom stereocenters. The highest BCUT2D eigenvalue weighted by Crippen LogP contribution is 2.31. The topological polar surface area (TPSA) is 50.3 Å². The molecule has 2 aliphatic rings. The van der Waals surface area contributed by atoms with Crippen molar-refractivity contribution in [3.05, 3.63) is 11.3 Å². The number of ether oxygens (including phenoxy) is 1. The van der Waals surface area contributed by atoms with E-state index in [1.807, 2.05) is 0 Å². The summed E-state index contributed by atoms with van der Waals surface area (Å²) >= 11 is 0. The highest BCUT2D eigenvalue weighted by atomic mass is 16.5. The summed E-state index contributed by atoms with van der Waals surface area (Å²) < 4.78 is 5.23. The van der Waals surface area contributed by atoms with E-state index in [-0.39, 0.29) is 0 Å². The zero-order valence-corrected chi connectivity index (χ0v) is 11.1. The Morgan fingerprint density at radius 1 is 1.33 bits per heavy atom. The second-order valence-corrected chi connectivity index (χ2v) is 5.08. The SMILES string of the molecule is COc1nc2c(c(N(C)C3CCC3)n1)CNCC2. The molecule has 1 fully saturated rings. The number of hydrogen-bond donors (Lipinski definition) is 1. The van der Waals surface area contributed by atoms with Gasteiger partial charge in [-0.2, -0.15) is 9.97 Å². The van der Waals surface area contributed by atoms with Crippen molar-refractivity contribution in [2.75, 3.05) is 25.6 Å². The summed E-state index contributed by atoms with van der Waals surface area (Å²) in [5.74, 6) is 1.05. The minimum atomic E-state index is 0.497. The Kier molecular flexibility index (Phi) is 3.07. The van der Waals surface area contributed by atoms with Crippen LogP contribution in [0.5, 0.6) is 6.01 Å². The molecular weight excluding hydrogens is 228 g/mol. The summed E-state index contributed by atoms with van der Waals surface area (Å²) in [5, 5.41) is 3.40. The van der Waals surface area contributed by atoms with E-state index in [9.17, 15) is 0 Å². The zero-order valence-electron chi connectivity index (χ0n) is 11.1. The van der Waals surface area contributed by atoms with Gasteiger partial charge in [-0.25, -0.2) is 0 Å². The van der Waals surface area contributed by atoms with Gasteiger partial charge in [0.25, 0.3) is 0 Å². The van der Waals surface area contributed by atoms with Crippen LogP contribution >= 0.6 is 0 Å². The maximum Gasteiger partial charge on any atom is 0.318 e. The lowest BCUT2D eigenvalue weighted by Crippen LogP contribution is -2.39. The Morgan fingerprint density at radius 2 is 2.17 bits per heavy atom. The average Bonchev–Trinajstić information content (AvgIpc) is 2.35. The minimum Gasteiger partial charge on any atom is -0.467 e. The van der Waals surface area contributed by atoms with E-state index < -0.39 is 0 Å². The minimum absolute atomic E-state index is 0.497. The third-order valence-corrected chi connectivity index (χ3v) is 4.03. The largest absolute Gasteiger partial charge is 0.467 e. The lowest BCUT2D eigenvalue weighted by molar-refractivity contribution is 0.369. The Morgan fingerprint density at radius 3 is 2.83 bits per heavy atom. The first-order valence-electron chi connectivity index (χ1n) is 6.67. The summed E-state index contributed by atoms with van der Waals surface area (Å²) in [6, 6.07) is 1.13. The predicted octanol–water partition coefficient (Wildman–Crippen LogP) is 1.12. The standard InChI is InChI=1S/C13H20N4O/c1-17(9-4-3-5-9)12-10-8-14-7-6-11(10)15-13(16-12)18-2/h9,14H,3-8H2,1-2H3. The molecule has 0 radical (unpaired) electrons. The van der Waals surface area contributed by atoms with Gasteiger partial charge in [-0.1, -0.05) is 0 Å². The highest BCUT2D eigenvalue weighted by Gasteiger charge is 2.27. The van der Waals surface area contributed by atoms with Gasteiger partial charge in [0.2, 0.25) is 0 Å². The fourth-order valence-electron chi connectivity index (χ4n) is 2.63. The van der Waals surface area contributed by atoms with E-state index in [1.54, 1.807) is 7.11 Å². The molecule has 0 amide bonds. The van der Waals surface area contributed by atoms with Crippen molar-refractivity contribution in [3.63, 3.8) is 0 Å². The average molecular weight is 248 g/mol. The molecule has 18 heavy (non-hydrogen) atoms. The Bertz CT molecular complexity index is 445. The molecule has 1 N–H and O–H groups in total. The molecule has 98 valence electrons. The van der Waals surface area contributed by atoms with Gasteiger partial charge in [0.1, 0.15) is 5.82 Å². The highest BCUT2D eigenvalue weighted by molar-refractivity contribution is 5.51. The first-order valence-corrected chi connectivity index (χ1v) is 6.67. The fraction of sp³-hybridized carbons (Fsp3) is 0.692. The second kappa shape index (κ2) is 4.72. The summed E-state index contributed by atoms with van der Waals surface area (Å²) in [6.07, 6.45) is 4.83. The molecule has 0 saturated heterocycles. The number of aromatic nitrogens is 2. The number of fused-ring (bicyclic) bond motifs is 1. The van der Waals surface area contributed by atoms with Gasteiger partial charge in [-0.15, -0.1) is 0 Å². The van der Waals surface area contributed by atoms with Gasteiger partial charge in [0.05, 0.1) is 12.8 Å². The molecule has 1 aromatic heterocycles. The number of nitrogens with one attached hydrogen (secondary N) is 1. The van der Waals surface area contributed by atoms with Crippen molar-refractivity contribution in [3.8, 4) is 6.01 Å². The molecule has 1 aliphatic carbocycles. The van der Waals surface area contributed by atoms with Gasteiger partial charge >= 0.3 is 6.01 Å². The van der Waals surface area contributed by atoms with Gasteiger partial charge in [0, 0.05) is 38.2 Å². The molecule has 1 saturated carbocycles. The van der Waals surface area contributed by atoms with Crippen LogP contribution in [0.2, 0.25) is 0 Å². The van der Waals surface area contributed by atoms with E-state index in [4.69, 9.17) is 4.74 Å². The molecule has 3 rings (SSSR count). The molecule has 5 nitrogen and oxygen atoms in total. The lowest BCUT2D eigenvalue weighted by atomic mass is 9.91. The monoisotopic (exact) mass is 248 g/mol. The Balaban J connectivity index is 1.99. The van der Waals surface area contributed by atoms with E-state index in [0.29, 0.717) is 12.1 Å². The van der Waals surface area contributed by atoms with Crippen molar-refractivity contribution in [1.29, 1.82) is 0 Å².